The van der Waals surface area contributed by atoms with Gasteiger partial charge in [0.2, 0.25) is 0 Å². The van der Waals surface area contributed by atoms with Gasteiger partial charge in [-0.05, 0) is 43.5 Å². The molecule has 1 aromatic carbocycles. The third kappa shape index (κ3) is 3.64. The summed E-state index contributed by atoms with van der Waals surface area (Å²) in [5, 5.41) is 10.5. The summed E-state index contributed by atoms with van der Waals surface area (Å²) in [5.41, 5.74) is 0. The van der Waals surface area contributed by atoms with Gasteiger partial charge in [0.05, 0.1) is 6.10 Å². The number of aliphatic hydroxyl groups excluding tert-OH is 1. The normalized spacial score (nSPS) is 24.3. The first kappa shape index (κ1) is 15.1. The molecule has 1 aliphatic rings. The van der Waals surface area contributed by atoms with Gasteiger partial charge in [0.1, 0.15) is 5.75 Å². The van der Waals surface area contributed by atoms with E-state index in [1.54, 1.807) is 36.1 Å². The van der Waals surface area contributed by atoms with Crippen molar-refractivity contribution in [3.63, 3.8) is 0 Å². The maximum Gasteiger partial charge on any atom is 0.263 e. The summed E-state index contributed by atoms with van der Waals surface area (Å²) in [6.07, 6.45) is -0.201. The fourth-order valence-electron chi connectivity index (χ4n) is 2.27. The maximum absolute atomic E-state index is 12.3. The summed E-state index contributed by atoms with van der Waals surface area (Å²) >= 11 is 5.80. The summed E-state index contributed by atoms with van der Waals surface area (Å²) < 4.78 is 5.61. The zero-order valence-corrected chi connectivity index (χ0v) is 12.5. The van der Waals surface area contributed by atoms with Gasteiger partial charge in [0.25, 0.3) is 5.91 Å². The number of amides is 1. The molecule has 3 unspecified atom stereocenters. The Morgan fingerprint density at radius 3 is 2.70 bits per heavy atom. The number of carbonyl (C=O) groups excluding carboxylic acids is 1. The molecule has 0 bridgehead atoms. The minimum atomic E-state index is -0.572. The summed E-state index contributed by atoms with van der Waals surface area (Å²) in [5.74, 6) is 0.763. The van der Waals surface area contributed by atoms with Crippen molar-refractivity contribution in [2.24, 2.45) is 5.92 Å². The molecule has 2 rings (SSSR count). The number of halogens is 1. The van der Waals surface area contributed by atoms with E-state index in [1.807, 2.05) is 6.92 Å². The Kier molecular flexibility index (Phi) is 4.89. The predicted octanol–water partition coefficient (Wildman–Crippen LogP) is 2.34. The number of benzene rings is 1. The predicted molar refractivity (Wildman–Crippen MR) is 77.9 cm³/mol. The molecule has 1 aromatic rings. The molecule has 1 heterocycles. The zero-order chi connectivity index (χ0) is 14.7. The first-order valence-corrected chi connectivity index (χ1v) is 7.24. The molecule has 1 saturated heterocycles. The van der Waals surface area contributed by atoms with E-state index in [9.17, 15) is 9.90 Å². The highest BCUT2D eigenvalue weighted by Gasteiger charge is 2.30. The standard InChI is InChI=1S/C15H20ClNO3/c1-10-7-8-17(9-14(10)18)15(19)11(2)20-13-5-3-12(16)4-6-13/h3-6,10-11,14,18H,7-9H2,1-2H3. The summed E-state index contributed by atoms with van der Waals surface area (Å²) in [7, 11) is 0. The fourth-order valence-corrected chi connectivity index (χ4v) is 2.40. The molecule has 0 radical (unpaired) electrons. The lowest BCUT2D eigenvalue weighted by molar-refractivity contribution is -0.142. The average Bonchev–Trinajstić information content (AvgIpc) is 2.43. The van der Waals surface area contributed by atoms with Crippen LogP contribution in [0.1, 0.15) is 20.3 Å². The Balaban J connectivity index is 1.93. The van der Waals surface area contributed by atoms with E-state index in [4.69, 9.17) is 16.3 Å². The Morgan fingerprint density at radius 1 is 1.45 bits per heavy atom. The van der Waals surface area contributed by atoms with Crippen LogP contribution in [0.3, 0.4) is 0 Å². The number of hydrogen-bond donors (Lipinski definition) is 1. The number of aliphatic hydroxyl groups is 1. The molecule has 1 aliphatic heterocycles. The quantitative estimate of drug-likeness (QED) is 0.931. The van der Waals surface area contributed by atoms with E-state index < -0.39 is 12.2 Å². The van der Waals surface area contributed by atoms with Gasteiger partial charge >= 0.3 is 0 Å². The second kappa shape index (κ2) is 6.46. The van der Waals surface area contributed by atoms with Gasteiger partial charge in [-0.15, -0.1) is 0 Å². The summed E-state index contributed by atoms with van der Waals surface area (Å²) in [6.45, 7) is 4.78. The van der Waals surface area contributed by atoms with Gasteiger partial charge in [-0.1, -0.05) is 18.5 Å². The Morgan fingerprint density at radius 2 is 2.10 bits per heavy atom. The zero-order valence-electron chi connectivity index (χ0n) is 11.8. The van der Waals surface area contributed by atoms with Crippen LogP contribution < -0.4 is 4.74 Å². The van der Waals surface area contributed by atoms with Crippen molar-refractivity contribution in [3.8, 4) is 5.75 Å². The number of β-amino-alcohol motifs (C(OH)–C–C–N with tert-alkyl or cyclic N) is 1. The number of nitrogens with zero attached hydrogens (tertiary/aromatic N) is 1. The van der Waals surface area contributed by atoms with Crippen LogP contribution in [-0.4, -0.2) is 41.2 Å². The smallest absolute Gasteiger partial charge is 0.263 e. The van der Waals surface area contributed by atoms with Crippen molar-refractivity contribution in [2.75, 3.05) is 13.1 Å². The van der Waals surface area contributed by atoms with Crippen LogP contribution >= 0.6 is 11.6 Å². The highest BCUT2D eigenvalue weighted by atomic mass is 35.5. The van der Waals surface area contributed by atoms with E-state index in [-0.39, 0.29) is 11.8 Å². The number of rotatable bonds is 3. The van der Waals surface area contributed by atoms with Crippen LogP contribution in [0, 0.1) is 5.92 Å². The minimum absolute atomic E-state index is 0.0918. The van der Waals surface area contributed by atoms with Crippen molar-refractivity contribution in [2.45, 2.75) is 32.5 Å². The largest absolute Gasteiger partial charge is 0.481 e. The topological polar surface area (TPSA) is 49.8 Å². The van der Waals surface area contributed by atoms with Crippen LogP contribution in [0.15, 0.2) is 24.3 Å². The lowest BCUT2D eigenvalue weighted by atomic mass is 9.96. The number of ether oxygens (including phenoxy) is 1. The van der Waals surface area contributed by atoms with Crippen molar-refractivity contribution < 1.29 is 14.6 Å². The molecular weight excluding hydrogens is 278 g/mol. The molecule has 1 amide bonds. The molecule has 20 heavy (non-hydrogen) atoms. The van der Waals surface area contributed by atoms with Gasteiger partial charge in [-0.25, -0.2) is 0 Å². The number of carbonyl (C=O) groups is 1. The van der Waals surface area contributed by atoms with Crippen molar-refractivity contribution in [3.05, 3.63) is 29.3 Å². The van der Waals surface area contributed by atoms with Crippen LogP contribution in [0.5, 0.6) is 5.75 Å². The molecule has 1 N–H and O–H groups in total. The van der Waals surface area contributed by atoms with Gasteiger partial charge in [0.15, 0.2) is 6.10 Å². The van der Waals surface area contributed by atoms with Crippen LogP contribution in [0.4, 0.5) is 0 Å². The highest BCUT2D eigenvalue weighted by molar-refractivity contribution is 6.30. The van der Waals surface area contributed by atoms with E-state index in [1.165, 1.54) is 0 Å². The Labute approximate surface area is 124 Å². The lowest BCUT2D eigenvalue weighted by Crippen LogP contribution is -2.49. The Bertz CT molecular complexity index is 463. The van der Waals surface area contributed by atoms with Crippen LogP contribution in [0.2, 0.25) is 5.02 Å². The first-order chi connectivity index (χ1) is 9.47. The second-order valence-corrected chi connectivity index (χ2v) is 5.77. The van der Waals surface area contributed by atoms with E-state index >= 15 is 0 Å². The highest BCUT2D eigenvalue weighted by Crippen LogP contribution is 2.20. The fraction of sp³-hybridized carbons (Fsp3) is 0.533. The Hall–Kier alpha value is -1.26. The van der Waals surface area contributed by atoms with E-state index in [0.717, 1.165) is 6.42 Å². The van der Waals surface area contributed by atoms with Crippen molar-refractivity contribution >= 4 is 17.5 Å². The molecule has 110 valence electrons. The third-order valence-electron chi connectivity index (χ3n) is 3.70. The molecule has 0 spiro atoms. The number of piperidine rings is 1. The summed E-state index contributed by atoms with van der Waals surface area (Å²) in [4.78, 5) is 14.0. The minimum Gasteiger partial charge on any atom is -0.481 e. The SMILES string of the molecule is CC(Oc1ccc(Cl)cc1)C(=O)N1CCC(C)C(O)C1. The van der Waals surface area contributed by atoms with Gasteiger partial charge in [-0.2, -0.15) is 0 Å². The molecule has 4 nitrogen and oxygen atoms in total. The van der Waals surface area contributed by atoms with E-state index in [2.05, 4.69) is 0 Å². The molecule has 0 aromatic heterocycles. The average molecular weight is 298 g/mol. The third-order valence-corrected chi connectivity index (χ3v) is 3.96. The molecule has 0 saturated carbocycles. The molecular formula is C15H20ClNO3. The van der Waals surface area contributed by atoms with Gasteiger partial charge in [-0.3, -0.25) is 4.79 Å². The molecule has 0 aliphatic carbocycles. The number of hydrogen-bond acceptors (Lipinski definition) is 3. The van der Waals surface area contributed by atoms with Crippen molar-refractivity contribution in [1.82, 2.24) is 4.90 Å². The summed E-state index contributed by atoms with van der Waals surface area (Å²) in [6, 6.07) is 6.92. The van der Waals surface area contributed by atoms with Gasteiger partial charge in [0, 0.05) is 18.1 Å². The first-order valence-electron chi connectivity index (χ1n) is 6.86. The van der Waals surface area contributed by atoms with Crippen molar-refractivity contribution in [1.29, 1.82) is 0 Å². The molecule has 3 atom stereocenters. The van der Waals surface area contributed by atoms with E-state index in [0.29, 0.717) is 23.9 Å². The van der Waals surface area contributed by atoms with Crippen LogP contribution in [0.25, 0.3) is 0 Å². The van der Waals surface area contributed by atoms with Crippen LogP contribution in [-0.2, 0) is 4.79 Å². The van der Waals surface area contributed by atoms with Gasteiger partial charge < -0.3 is 14.7 Å². The monoisotopic (exact) mass is 297 g/mol. The second-order valence-electron chi connectivity index (χ2n) is 5.33. The molecule has 1 fully saturated rings. The molecule has 5 heteroatoms. The maximum atomic E-state index is 12.3. The number of likely N-dealkylation sites (tertiary alicyclic amines) is 1. The lowest BCUT2D eigenvalue weighted by Gasteiger charge is -2.35.